The van der Waals surface area contributed by atoms with Crippen molar-refractivity contribution in [3.05, 3.63) is 53.6 Å². The van der Waals surface area contributed by atoms with Crippen molar-refractivity contribution >= 4 is 27.7 Å². The zero-order valence-corrected chi connectivity index (χ0v) is 15.8. The average Bonchev–Trinajstić information content (AvgIpc) is 3.18. The fourth-order valence-electron chi connectivity index (χ4n) is 2.69. The summed E-state index contributed by atoms with van der Waals surface area (Å²) in [5, 5.41) is 11.7. The van der Waals surface area contributed by atoms with Crippen LogP contribution in [-0.4, -0.2) is 48.2 Å². The molecule has 2 heterocycles. The minimum atomic E-state index is -3.68. The molecule has 1 aliphatic heterocycles. The number of nitriles is 1. The molecule has 2 N–H and O–H groups in total. The number of aromatic amines is 1. The van der Waals surface area contributed by atoms with E-state index in [9.17, 15) is 22.9 Å². The van der Waals surface area contributed by atoms with Gasteiger partial charge in [-0.15, -0.1) is 0 Å². The number of H-pyrrole nitrogens is 1. The van der Waals surface area contributed by atoms with Gasteiger partial charge in [-0.25, -0.2) is 12.8 Å². The molecule has 1 saturated heterocycles. The minimum Gasteiger partial charge on any atom is -0.356 e. The van der Waals surface area contributed by atoms with Crippen molar-refractivity contribution in [1.82, 2.24) is 14.6 Å². The molecule has 1 aromatic heterocycles. The minimum absolute atomic E-state index is 0.0149. The highest BCUT2D eigenvalue weighted by atomic mass is 32.2. The van der Waals surface area contributed by atoms with Gasteiger partial charge in [-0.3, -0.25) is 4.79 Å². The summed E-state index contributed by atoms with van der Waals surface area (Å²) in [6, 6.07) is 7.51. The molecule has 0 spiro atoms. The van der Waals surface area contributed by atoms with Crippen LogP contribution in [0.15, 0.2) is 41.4 Å². The van der Waals surface area contributed by atoms with Gasteiger partial charge in [0.15, 0.2) is 0 Å². The fourth-order valence-corrected chi connectivity index (χ4v) is 5.26. The summed E-state index contributed by atoms with van der Waals surface area (Å²) in [6.07, 6.45) is 1.25. The molecule has 27 heavy (non-hydrogen) atoms. The first-order chi connectivity index (χ1) is 12.9. The number of carbonyl (C=O) groups excluding carboxylic acids is 1. The Bertz CT molecular complexity index is 978. The first-order valence-corrected chi connectivity index (χ1v) is 10.7. The van der Waals surface area contributed by atoms with E-state index in [1.165, 1.54) is 34.8 Å². The third kappa shape index (κ3) is 4.16. The monoisotopic (exact) mass is 408 g/mol. The van der Waals surface area contributed by atoms with E-state index < -0.39 is 27.8 Å². The number of aromatic nitrogens is 1. The van der Waals surface area contributed by atoms with Gasteiger partial charge in [-0.1, -0.05) is 18.2 Å². The molecule has 0 aliphatic carbocycles. The number of sulfonamides is 1. The molecule has 2 aromatic rings. The quantitative estimate of drug-likeness (QED) is 0.786. The van der Waals surface area contributed by atoms with E-state index >= 15 is 0 Å². The second kappa shape index (κ2) is 8.12. The van der Waals surface area contributed by atoms with Gasteiger partial charge in [0.1, 0.15) is 22.4 Å². The number of rotatable bonds is 5. The summed E-state index contributed by atoms with van der Waals surface area (Å²) in [5.74, 6) is 0.148. The van der Waals surface area contributed by atoms with E-state index in [1.807, 2.05) is 6.07 Å². The maximum absolute atomic E-state index is 13.8. The Morgan fingerprint density at radius 2 is 2.04 bits per heavy atom. The maximum Gasteiger partial charge on any atom is 0.269 e. The second-order valence-electron chi connectivity index (χ2n) is 5.82. The van der Waals surface area contributed by atoms with E-state index in [0.29, 0.717) is 13.1 Å². The van der Waals surface area contributed by atoms with E-state index in [-0.39, 0.29) is 16.2 Å². The highest BCUT2D eigenvalue weighted by Gasteiger charge is 2.28. The summed E-state index contributed by atoms with van der Waals surface area (Å²) in [4.78, 5) is 15.0. The van der Waals surface area contributed by atoms with E-state index in [0.717, 1.165) is 11.5 Å². The number of halogens is 1. The summed E-state index contributed by atoms with van der Waals surface area (Å²) in [7, 11) is -3.68. The number of nitrogens with zero attached hydrogens (tertiary/aromatic N) is 2. The molecular weight excluding hydrogens is 391 g/mol. The first kappa shape index (κ1) is 19.4. The van der Waals surface area contributed by atoms with Crippen LogP contribution in [0.4, 0.5) is 4.39 Å². The smallest absolute Gasteiger partial charge is 0.269 e. The summed E-state index contributed by atoms with van der Waals surface area (Å²) in [5.41, 5.74) is 0.0233. The van der Waals surface area contributed by atoms with Gasteiger partial charge in [0, 0.05) is 36.4 Å². The van der Waals surface area contributed by atoms with Crippen LogP contribution < -0.4 is 5.32 Å². The Labute approximate surface area is 160 Å². The fraction of sp³-hybridized carbons (Fsp3) is 0.294. The highest BCUT2D eigenvalue weighted by Crippen LogP contribution is 2.21. The molecule has 1 fully saturated rings. The molecule has 1 aliphatic rings. The lowest BCUT2D eigenvalue weighted by Crippen LogP contribution is -2.37. The van der Waals surface area contributed by atoms with Crippen LogP contribution in [0.5, 0.6) is 0 Å². The van der Waals surface area contributed by atoms with E-state index in [1.54, 1.807) is 17.8 Å². The molecule has 1 unspecified atom stereocenters. The average molecular weight is 408 g/mol. The van der Waals surface area contributed by atoms with Crippen LogP contribution in [0, 0.1) is 17.1 Å². The molecule has 3 rings (SSSR count). The number of hydrogen-bond acceptors (Lipinski definition) is 5. The van der Waals surface area contributed by atoms with Crippen molar-refractivity contribution < 1.29 is 17.6 Å². The third-order valence-electron chi connectivity index (χ3n) is 4.13. The van der Waals surface area contributed by atoms with Crippen LogP contribution in [0.2, 0.25) is 0 Å². The standard InChI is InChI=1S/C17H17FN4O3S2/c18-14-4-2-1-3-13(14)16(10-19)21-17(23)15-9-12(11-20-15)27(24,25)22-5-7-26-8-6-22/h1-4,9,11,16,20H,5-8H2,(H,21,23). The number of benzene rings is 1. The second-order valence-corrected chi connectivity index (χ2v) is 8.99. The number of carbonyl (C=O) groups is 1. The van der Waals surface area contributed by atoms with Gasteiger partial charge >= 0.3 is 0 Å². The molecule has 1 amide bonds. The Morgan fingerprint density at radius 1 is 1.33 bits per heavy atom. The Kier molecular flexibility index (Phi) is 5.84. The van der Waals surface area contributed by atoms with Crippen molar-refractivity contribution in [2.45, 2.75) is 10.9 Å². The lowest BCUT2D eigenvalue weighted by Gasteiger charge is -2.24. The zero-order valence-electron chi connectivity index (χ0n) is 14.2. The summed E-state index contributed by atoms with van der Waals surface area (Å²) in [6.45, 7) is 0.840. The first-order valence-electron chi connectivity index (χ1n) is 8.14. The van der Waals surface area contributed by atoms with Gasteiger partial charge in [-0.05, 0) is 12.1 Å². The molecule has 10 heteroatoms. The molecule has 1 atom stereocenters. The Balaban J connectivity index is 1.77. The number of thioether (sulfide) groups is 1. The largest absolute Gasteiger partial charge is 0.356 e. The van der Waals surface area contributed by atoms with Gasteiger partial charge in [0.05, 0.1) is 6.07 Å². The van der Waals surface area contributed by atoms with Crippen molar-refractivity contribution in [1.29, 1.82) is 5.26 Å². The van der Waals surface area contributed by atoms with Crippen LogP contribution in [-0.2, 0) is 10.0 Å². The maximum atomic E-state index is 13.8. The Hall–Kier alpha value is -2.35. The topological polar surface area (TPSA) is 106 Å². The third-order valence-corrected chi connectivity index (χ3v) is 6.95. The predicted octanol–water partition coefficient (Wildman–Crippen LogP) is 1.89. The van der Waals surface area contributed by atoms with Crippen LogP contribution in [0.1, 0.15) is 22.1 Å². The highest BCUT2D eigenvalue weighted by molar-refractivity contribution is 7.99. The number of amides is 1. The molecule has 0 radical (unpaired) electrons. The molecule has 7 nitrogen and oxygen atoms in total. The van der Waals surface area contributed by atoms with Crippen molar-refractivity contribution in [2.24, 2.45) is 0 Å². The molecule has 1 aromatic carbocycles. The van der Waals surface area contributed by atoms with Crippen molar-refractivity contribution in [2.75, 3.05) is 24.6 Å². The predicted molar refractivity (Wildman–Crippen MR) is 99.1 cm³/mol. The zero-order chi connectivity index (χ0) is 19.4. The molecular formula is C17H17FN4O3S2. The van der Waals surface area contributed by atoms with Gasteiger partial charge in [-0.2, -0.15) is 21.3 Å². The lowest BCUT2D eigenvalue weighted by molar-refractivity contribution is 0.0940. The summed E-state index contributed by atoms with van der Waals surface area (Å²) >= 11 is 1.69. The van der Waals surface area contributed by atoms with Crippen molar-refractivity contribution in [3.8, 4) is 6.07 Å². The van der Waals surface area contributed by atoms with Gasteiger partial charge in [0.25, 0.3) is 5.91 Å². The van der Waals surface area contributed by atoms with Crippen molar-refractivity contribution in [3.63, 3.8) is 0 Å². The summed E-state index contributed by atoms with van der Waals surface area (Å²) < 4.78 is 40.5. The Morgan fingerprint density at radius 3 is 2.70 bits per heavy atom. The number of hydrogen-bond donors (Lipinski definition) is 2. The van der Waals surface area contributed by atoms with Crippen LogP contribution >= 0.6 is 11.8 Å². The van der Waals surface area contributed by atoms with E-state index in [2.05, 4.69) is 10.3 Å². The lowest BCUT2D eigenvalue weighted by atomic mass is 10.1. The van der Waals surface area contributed by atoms with Gasteiger partial charge in [0.2, 0.25) is 10.0 Å². The molecule has 142 valence electrons. The molecule has 0 saturated carbocycles. The molecule has 0 bridgehead atoms. The van der Waals surface area contributed by atoms with Crippen LogP contribution in [0.3, 0.4) is 0 Å². The normalized spacial score (nSPS) is 16.4. The number of nitrogens with one attached hydrogen (secondary N) is 2. The van der Waals surface area contributed by atoms with Crippen LogP contribution in [0.25, 0.3) is 0 Å². The van der Waals surface area contributed by atoms with E-state index in [4.69, 9.17) is 0 Å². The SMILES string of the molecule is N#CC(NC(=O)c1cc(S(=O)(=O)N2CCSCC2)c[nH]1)c1ccccc1F. The van der Waals surface area contributed by atoms with Gasteiger partial charge < -0.3 is 10.3 Å².